The van der Waals surface area contributed by atoms with E-state index in [0.717, 1.165) is 0 Å². The van der Waals surface area contributed by atoms with Gasteiger partial charge in [-0.1, -0.05) is 0 Å². The number of aliphatic hydroxyl groups is 1. The lowest BCUT2D eigenvalue weighted by atomic mass is 10.1. The Kier molecular flexibility index (Phi) is 1.27. The minimum Gasteiger partial charge on any atom is -0.386 e. The highest BCUT2D eigenvalue weighted by Gasteiger charge is 2.30. The second-order valence-corrected chi connectivity index (χ2v) is 2.56. The molecule has 1 unspecified atom stereocenters. The summed E-state index contributed by atoms with van der Waals surface area (Å²) in [4.78, 5) is 4.95. The first-order chi connectivity index (χ1) is 3.60. The second-order valence-electron chi connectivity index (χ2n) is 2.56. The molecule has 1 aliphatic heterocycles. The van der Waals surface area contributed by atoms with Crippen LogP contribution in [0.25, 0.3) is 0 Å². The third-order valence-electron chi connectivity index (χ3n) is 1.16. The Morgan fingerprint density at radius 3 is 2.50 bits per heavy atom. The van der Waals surface area contributed by atoms with Gasteiger partial charge in [-0.15, -0.1) is 0 Å². The van der Waals surface area contributed by atoms with Crippen LogP contribution in [0.3, 0.4) is 0 Å². The fraction of sp³-hybridized carbons (Fsp3) is 1.00. The zero-order valence-electron chi connectivity index (χ0n) is 5.22. The van der Waals surface area contributed by atoms with Crippen LogP contribution >= 0.6 is 0 Å². The quantitative estimate of drug-likeness (QED) is 0.469. The topological polar surface area (TPSA) is 32.7 Å². The second kappa shape index (κ2) is 1.69. The predicted molar refractivity (Wildman–Crippen MR) is 29.2 cm³/mol. The van der Waals surface area contributed by atoms with Crippen molar-refractivity contribution < 1.29 is 9.94 Å². The molecule has 0 amide bonds. The van der Waals surface area contributed by atoms with E-state index in [9.17, 15) is 5.11 Å². The summed E-state index contributed by atoms with van der Waals surface area (Å²) >= 11 is 0. The number of nitrogens with zero attached hydrogens (tertiary/aromatic N) is 1. The van der Waals surface area contributed by atoms with Crippen LogP contribution in [-0.4, -0.2) is 36.0 Å². The standard InChI is InChI=1S/C5H11NO2/c1-5(7)3-6(2)8-4-5/h7H,3-4H2,1-2H3. The van der Waals surface area contributed by atoms with Crippen LogP contribution < -0.4 is 0 Å². The molecule has 0 spiro atoms. The van der Waals surface area contributed by atoms with Crippen molar-refractivity contribution in [1.29, 1.82) is 0 Å². The largest absolute Gasteiger partial charge is 0.386 e. The Labute approximate surface area is 48.8 Å². The van der Waals surface area contributed by atoms with Gasteiger partial charge in [0.2, 0.25) is 0 Å². The summed E-state index contributed by atoms with van der Waals surface area (Å²) in [5.41, 5.74) is -0.630. The third kappa shape index (κ3) is 1.18. The molecule has 3 nitrogen and oxygen atoms in total. The zero-order chi connectivity index (χ0) is 6.20. The average molecular weight is 117 g/mol. The van der Waals surface area contributed by atoms with Crippen molar-refractivity contribution in [2.75, 3.05) is 20.2 Å². The van der Waals surface area contributed by atoms with Crippen LogP contribution in [0.4, 0.5) is 0 Å². The fourth-order valence-corrected chi connectivity index (χ4v) is 0.820. The van der Waals surface area contributed by atoms with E-state index in [2.05, 4.69) is 0 Å². The molecule has 0 aromatic carbocycles. The van der Waals surface area contributed by atoms with Gasteiger partial charge in [-0.2, -0.15) is 5.06 Å². The zero-order valence-corrected chi connectivity index (χ0v) is 5.22. The summed E-state index contributed by atoms with van der Waals surface area (Å²) in [5.74, 6) is 0. The molecule has 0 aromatic rings. The van der Waals surface area contributed by atoms with Gasteiger partial charge in [0.15, 0.2) is 0 Å². The molecular formula is C5H11NO2. The molecule has 0 aromatic heterocycles. The maximum atomic E-state index is 9.20. The van der Waals surface area contributed by atoms with Crippen molar-refractivity contribution >= 4 is 0 Å². The number of rotatable bonds is 0. The first-order valence-electron chi connectivity index (χ1n) is 2.67. The number of β-amino-alcohol motifs (C(OH)–C–C–N with tert-alkyl or cyclic N) is 1. The van der Waals surface area contributed by atoms with Crippen LogP contribution in [0.2, 0.25) is 0 Å². The van der Waals surface area contributed by atoms with Crippen molar-refractivity contribution in [3.05, 3.63) is 0 Å². The summed E-state index contributed by atoms with van der Waals surface area (Å²) in [7, 11) is 1.81. The minimum absolute atomic E-state index is 0.420. The van der Waals surface area contributed by atoms with E-state index in [4.69, 9.17) is 4.84 Å². The van der Waals surface area contributed by atoms with Gasteiger partial charge in [0.1, 0.15) is 5.60 Å². The highest BCUT2D eigenvalue weighted by molar-refractivity contribution is 4.77. The molecule has 48 valence electrons. The fourth-order valence-electron chi connectivity index (χ4n) is 0.820. The van der Waals surface area contributed by atoms with Crippen molar-refractivity contribution in [1.82, 2.24) is 5.06 Å². The van der Waals surface area contributed by atoms with E-state index in [1.807, 2.05) is 7.05 Å². The summed E-state index contributed by atoms with van der Waals surface area (Å²) in [6.45, 7) is 2.78. The molecule has 3 heteroatoms. The predicted octanol–water partition coefficient (Wildman–Crippen LogP) is -0.386. The Balaban J connectivity index is 2.44. The SMILES string of the molecule is CN1CC(C)(O)CO1. The van der Waals surface area contributed by atoms with E-state index in [1.54, 1.807) is 12.0 Å². The van der Waals surface area contributed by atoms with Gasteiger partial charge in [-0.3, -0.25) is 4.84 Å². The number of hydroxylamine groups is 2. The van der Waals surface area contributed by atoms with Crippen LogP contribution in [0.5, 0.6) is 0 Å². The lowest BCUT2D eigenvalue weighted by Gasteiger charge is -2.10. The molecule has 1 N–H and O–H groups in total. The van der Waals surface area contributed by atoms with Crippen molar-refractivity contribution in [2.24, 2.45) is 0 Å². The highest BCUT2D eigenvalue weighted by atomic mass is 16.7. The Hall–Kier alpha value is -0.120. The first kappa shape index (κ1) is 6.01. The summed E-state index contributed by atoms with van der Waals surface area (Å²) in [6, 6.07) is 0. The average Bonchev–Trinajstić information content (AvgIpc) is 1.82. The van der Waals surface area contributed by atoms with E-state index in [0.29, 0.717) is 13.2 Å². The van der Waals surface area contributed by atoms with E-state index in [-0.39, 0.29) is 0 Å². The minimum atomic E-state index is -0.630. The molecule has 1 atom stereocenters. The third-order valence-corrected chi connectivity index (χ3v) is 1.16. The van der Waals surface area contributed by atoms with E-state index in [1.165, 1.54) is 0 Å². The summed E-state index contributed by atoms with van der Waals surface area (Å²) < 4.78 is 0. The van der Waals surface area contributed by atoms with Gasteiger partial charge in [-0.25, -0.2) is 0 Å². The summed E-state index contributed by atoms with van der Waals surface area (Å²) in [6.07, 6.45) is 0. The van der Waals surface area contributed by atoms with Crippen LogP contribution in [0.15, 0.2) is 0 Å². The van der Waals surface area contributed by atoms with Crippen LogP contribution in [0, 0.1) is 0 Å². The van der Waals surface area contributed by atoms with Gasteiger partial charge in [0, 0.05) is 7.05 Å². The number of hydrogen-bond donors (Lipinski definition) is 1. The van der Waals surface area contributed by atoms with Crippen molar-refractivity contribution in [2.45, 2.75) is 12.5 Å². The monoisotopic (exact) mass is 117 g/mol. The molecular weight excluding hydrogens is 106 g/mol. The molecule has 1 saturated heterocycles. The van der Waals surface area contributed by atoms with Gasteiger partial charge in [0.05, 0.1) is 13.2 Å². The maximum absolute atomic E-state index is 9.20. The van der Waals surface area contributed by atoms with Crippen LogP contribution in [-0.2, 0) is 4.84 Å². The smallest absolute Gasteiger partial charge is 0.102 e. The lowest BCUT2D eigenvalue weighted by molar-refractivity contribution is -0.0896. The van der Waals surface area contributed by atoms with Gasteiger partial charge >= 0.3 is 0 Å². The molecule has 1 rings (SSSR count). The normalized spacial score (nSPS) is 40.9. The molecule has 8 heavy (non-hydrogen) atoms. The maximum Gasteiger partial charge on any atom is 0.102 e. The van der Waals surface area contributed by atoms with Gasteiger partial charge in [-0.05, 0) is 6.92 Å². The number of hydrogen-bond acceptors (Lipinski definition) is 3. The van der Waals surface area contributed by atoms with E-state index >= 15 is 0 Å². The Morgan fingerprint density at radius 1 is 1.75 bits per heavy atom. The first-order valence-corrected chi connectivity index (χ1v) is 2.67. The molecule has 1 fully saturated rings. The van der Waals surface area contributed by atoms with Gasteiger partial charge in [0.25, 0.3) is 0 Å². The molecule has 0 radical (unpaired) electrons. The molecule has 0 aliphatic carbocycles. The summed E-state index contributed by atoms with van der Waals surface area (Å²) in [5, 5.41) is 10.8. The van der Waals surface area contributed by atoms with Crippen LogP contribution in [0.1, 0.15) is 6.92 Å². The lowest BCUT2D eigenvalue weighted by Crippen LogP contribution is -2.29. The highest BCUT2D eigenvalue weighted by Crippen LogP contribution is 2.13. The van der Waals surface area contributed by atoms with Gasteiger partial charge < -0.3 is 5.11 Å². The van der Waals surface area contributed by atoms with E-state index < -0.39 is 5.60 Å². The molecule has 1 heterocycles. The molecule has 1 aliphatic rings. The van der Waals surface area contributed by atoms with Crippen molar-refractivity contribution in [3.8, 4) is 0 Å². The number of likely N-dealkylation sites (N-methyl/N-ethyl adjacent to an activating group) is 1. The molecule has 0 saturated carbocycles. The Bertz CT molecular complexity index is 92.4. The Morgan fingerprint density at radius 2 is 2.38 bits per heavy atom. The van der Waals surface area contributed by atoms with Crippen molar-refractivity contribution in [3.63, 3.8) is 0 Å². The molecule has 0 bridgehead atoms.